The van der Waals surface area contributed by atoms with Crippen molar-refractivity contribution < 1.29 is 9.53 Å². The van der Waals surface area contributed by atoms with E-state index >= 15 is 0 Å². The van der Waals surface area contributed by atoms with Crippen LogP contribution in [0.4, 0.5) is 0 Å². The van der Waals surface area contributed by atoms with Crippen LogP contribution in [-0.4, -0.2) is 37.6 Å². The van der Waals surface area contributed by atoms with Crippen molar-refractivity contribution >= 4 is 35.8 Å². The Labute approximate surface area is 187 Å². The quantitative estimate of drug-likeness (QED) is 0.259. The number of rotatable bonds is 10. The van der Waals surface area contributed by atoms with Crippen LogP contribution < -0.4 is 21.1 Å². The van der Waals surface area contributed by atoms with Gasteiger partial charge in [0.2, 0.25) is 0 Å². The number of hydrogen-bond acceptors (Lipinski definition) is 3. The van der Waals surface area contributed by atoms with E-state index in [9.17, 15) is 4.79 Å². The number of nitrogens with one attached hydrogen (secondary N) is 2. The summed E-state index contributed by atoms with van der Waals surface area (Å²) in [6.07, 6.45) is 3.12. The van der Waals surface area contributed by atoms with Crippen molar-refractivity contribution in [3.05, 3.63) is 29.8 Å². The number of benzene rings is 1. The molecule has 0 fully saturated rings. The monoisotopic (exact) mass is 504 g/mol. The number of carbonyl (C=O) groups excluding carboxylic acids is 1. The predicted octanol–water partition coefficient (Wildman–Crippen LogP) is 3.48. The summed E-state index contributed by atoms with van der Waals surface area (Å²) in [5.41, 5.74) is 6.59. The fourth-order valence-electron chi connectivity index (χ4n) is 2.48. The number of primary amides is 1. The van der Waals surface area contributed by atoms with E-state index in [1.165, 1.54) is 12.0 Å². The summed E-state index contributed by atoms with van der Waals surface area (Å²) in [4.78, 5) is 15.4. The van der Waals surface area contributed by atoms with Gasteiger partial charge in [-0.25, -0.2) is 0 Å². The molecule has 1 unspecified atom stereocenters. The Balaban J connectivity index is 0.00000729. The van der Waals surface area contributed by atoms with E-state index in [1.807, 2.05) is 24.3 Å². The lowest BCUT2D eigenvalue weighted by molar-refractivity contribution is -0.119. The van der Waals surface area contributed by atoms with E-state index in [-0.39, 0.29) is 30.6 Å². The molecule has 0 saturated carbocycles. The molecule has 1 aromatic carbocycles. The zero-order valence-electron chi connectivity index (χ0n) is 17.9. The van der Waals surface area contributed by atoms with Crippen LogP contribution in [0.15, 0.2) is 29.3 Å². The highest BCUT2D eigenvalue weighted by molar-refractivity contribution is 14.0. The van der Waals surface area contributed by atoms with Crippen LogP contribution in [0, 0.1) is 5.41 Å². The maximum absolute atomic E-state index is 10.7. The van der Waals surface area contributed by atoms with Gasteiger partial charge in [-0.2, -0.15) is 0 Å². The van der Waals surface area contributed by atoms with Crippen molar-refractivity contribution in [1.29, 1.82) is 0 Å². The molecule has 7 heteroatoms. The second kappa shape index (κ2) is 13.6. The molecule has 28 heavy (non-hydrogen) atoms. The lowest BCUT2D eigenvalue weighted by Crippen LogP contribution is -2.42. The number of amides is 1. The number of carbonyl (C=O) groups is 1. The minimum atomic E-state index is -0.478. The molecule has 1 atom stereocenters. The lowest BCUT2D eigenvalue weighted by Gasteiger charge is -2.23. The zero-order valence-corrected chi connectivity index (χ0v) is 20.2. The van der Waals surface area contributed by atoms with E-state index in [4.69, 9.17) is 10.5 Å². The van der Waals surface area contributed by atoms with Gasteiger partial charge in [-0.1, -0.05) is 32.9 Å². The van der Waals surface area contributed by atoms with Crippen LogP contribution in [0.25, 0.3) is 0 Å². The minimum Gasteiger partial charge on any atom is -0.484 e. The minimum absolute atomic E-state index is 0. The van der Waals surface area contributed by atoms with E-state index in [0.29, 0.717) is 23.8 Å². The summed E-state index contributed by atoms with van der Waals surface area (Å²) in [6, 6.07) is 8.04. The van der Waals surface area contributed by atoms with Crippen LogP contribution in [0.2, 0.25) is 0 Å². The molecule has 1 rings (SSSR count). The highest BCUT2D eigenvalue weighted by atomic mass is 127. The summed E-state index contributed by atoms with van der Waals surface area (Å²) < 4.78 is 5.27. The van der Waals surface area contributed by atoms with E-state index < -0.39 is 5.91 Å². The van der Waals surface area contributed by atoms with Crippen molar-refractivity contribution in [3.63, 3.8) is 0 Å². The number of hydrogen-bond donors (Lipinski definition) is 3. The first-order valence-corrected chi connectivity index (χ1v) is 9.74. The van der Waals surface area contributed by atoms with E-state index in [0.717, 1.165) is 25.3 Å². The summed E-state index contributed by atoms with van der Waals surface area (Å²) >= 11 is 0. The number of nitrogens with two attached hydrogens (primary N) is 1. The van der Waals surface area contributed by atoms with Crippen LogP contribution in [0.1, 0.15) is 53.0 Å². The molecular formula is C21H37IN4O2. The molecule has 4 N–H and O–H groups in total. The highest BCUT2D eigenvalue weighted by Gasteiger charge is 2.13. The van der Waals surface area contributed by atoms with Gasteiger partial charge in [0.1, 0.15) is 5.75 Å². The second-order valence-corrected chi connectivity index (χ2v) is 8.05. The molecule has 0 aliphatic rings. The Bertz CT molecular complexity index is 597. The molecule has 0 spiro atoms. The molecule has 0 bridgehead atoms. The average Bonchev–Trinajstić information content (AvgIpc) is 2.59. The average molecular weight is 504 g/mol. The number of ether oxygens (including phenoxy) is 1. The van der Waals surface area contributed by atoms with Crippen molar-refractivity contribution in [1.82, 2.24) is 10.6 Å². The Morgan fingerprint density at radius 1 is 1.25 bits per heavy atom. The fraction of sp³-hybridized carbons (Fsp3) is 0.619. The summed E-state index contributed by atoms with van der Waals surface area (Å²) in [6.45, 7) is 12.5. The predicted molar refractivity (Wildman–Crippen MR) is 128 cm³/mol. The SMILES string of the molecule is CCNC(=NCCc1ccc(OCC(N)=O)cc1)NC(C)CCC(C)(C)C.I. The molecule has 0 aliphatic heterocycles. The van der Waals surface area contributed by atoms with Crippen molar-refractivity contribution in [3.8, 4) is 5.75 Å². The van der Waals surface area contributed by atoms with Gasteiger partial charge in [-0.3, -0.25) is 9.79 Å². The molecule has 160 valence electrons. The van der Waals surface area contributed by atoms with Gasteiger partial charge in [0, 0.05) is 19.1 Å². The third-order valence-corrected chi connectivity index (χ3v) is 4.03. The Hall–Kier alpha value is -1.51. The largest absolute Gasteiger partial charge is 0.484 e. The van der Waals surface area contributed by atoms with Gasteiger partial charge in [0.05, 0.1) is 0 Å². The molecule has 1 amide bonds. The Morgan fingerprint density at radius 3 is 2.43 bits per heavy atom. The summed E-state index contributed by atoms with van der Waals surface area (Å²) in [5, 5.41) is 6.80. The third-order valence-electron chi connectivity index (χ3n) is 4.03. The maximum Gasteiger partial charge on any atom is 0.255 e. The second-order valence-electron chi connectivity index (χ2n) is 8.05. The van der Waals surface area contributed by atoms with Crippen molar-refractivity contribution in [2.24, 2.45) is 16.1 Å². The molecule has 0 radical (unpaired) electrons. The number of aliphatic imine (C=N–C) groups is 1. The molecule has 1 aromatic rings. The van der Waals surface area contributed by atoms with E-state index in [1.54, 1.807) is 0 Å². The van der Waals surface area contributed by atoms with Gasteiger partial charge in [0.25, 0.3) is 5.91 Å². The topological polar surface area (TPSA) is 88.7 Å². The normalized spacial score (nSPS) is 12.7. The third kappa shape index (κ3) is 12.8. The van der Waals surface area contributed by atoms with Crippen LogP contribution in [-0.2, 0) is 11.2 Å². The number of nitrogens with zero attached hydrogens (tertiary/aromatic N) is 1. The van der Waals surface area contributed by atoms with Gasteiger partial charge in [-0.15, -0.1) is 24.0 Å². The summed E-state index contributed by atoms with van der Waals surface area (Å²) in [7, 11) is 0. The Morgan fingerprint density at radius 2 is 1.89 bits per heavy atom. The first-order valence-electron chi connectivity index (χ1n) is 9.74. The van der Waals surface area contributed by atoms with Crippen LogP contribution in [0.3, 0.4) is 0 Å². The molecule has 6 nitrogen and oxygen atoms in total. The van der Waals surface area contributed by atoms with E-state index in [2.05, 4.69) is 50.2 Å². The highest BCUT2D eigenvalue weighted by Crippen LogP contribution is 2.21. The molecular weight excluding hydrogens is 467 g/mol. The number of guanidine groups is 1. The van der Waals surface area contributed by atoms with Crippen LogP contribution in [0.5, 0.6) is 5.75 Å². The molecule has 0 heterocycles. The first kappa shape index (κ1) is 26.5. The number of halogens is 1. The van der Waals surface area contributed by atoms with Crippen LogP contribution >= 0.6 is 24.0 Å². The Kier molecular flexibility index (Phi) is 12.9. The summed E-state index contributed by atoms with van der Waals surface area (Å²) in [5.74, 6) is 1.03. The smallest absolute Gasteiger partial charge is 0.255 e. The lowest BCUT2D eigenvalue weighted by atomic mass is 9.89. The maximum atomic E-state index is 10.7. The molecule has 0 saturated heterocycles. The van der Waals surface area contributed by atoms with Crippen molar-refractivity contribution in [2.75, 3.05) is 19.7 Å². The molecule has 0 aromatic heterocycles. The van der Waals surface area contributed by atoms with Gasteiger partial charge in [-0.05, 0) is 56.2 Å². The fourth-order valence-corrected chi connectivity index (χ4v) is 2.48. The van der Waals surface area contributed by atoms with Gasteiger partial charge in [0.15, 0.2) is 12.6 Å². The zero-order chi connectivity index (χ0) is 20.3. The molecule has 0 aliphatic carbocycles. The standard InChI is InChI=1S/C21H36N4O2.HI/c1-6-23-20(25-16(2)11-13-21(3,4)5)24-14-12-17-7-9-18(10-8-17)27-15-19(22)26;/h7-10,16H,6,11-15H2,1-5H3,(H2,22,26)(H2,23,24,25);1H. The first-order chi connectivity index (χ1) is 12.7. The van der Waals surface area contributed by atoms with Crippen molar-refractivity contribution in [2.45, 2.75) is 59.9 Å². The van der Waals surface area contributed by atoms with Gasteiger partial charge >= 0.3 is 0 Å². The van der Waals surface area contributed by atoms with Gasteiger partial charge < -0.3 is 21.1 Å².